The molecule has 5 aromatic rings. The summed E-state index contributed by atoms with van der Waals surface area (Å²) in [6.45, 7) is -0.132. The number of carbonyl (C=O) groups is 1. The molecule has 0 N–H and O–H groups in total. The predicted octanol–water partition coefficient (Wildman–Crippen LogP) is 5.01. The number of benzene rings is 2. The average molecular weight is 428 g/mol. The van der Waals surface area contributed by atoms with Crippen LogP contribution >= 0.6 is 11.3 Å². The van der Waals surface area contributed by atoms with Crippen molar-refractivity contribution in [3.63, 3.8) is 0 Å². The predicted molar refractivity (Wildman–Crippen MR) is 116 cm³/mol. The van der Waals surface area contributed by atoms with Crippen molar-refractivity contribution in [2.45, 2.75) is 6.61 Å². The van der Waals surface area contributed by atoms with Crippen LogP contribution in [0.5, 0.6) is 0 Å². The van der Waals surface area contributed by atoms with Gasteiger partial charge in [-0.05, 0) is 35.7 Å². The summed E-state index contributed by atoms with van der Waals surface area (Å²) in [6, 6.07) is 24.5. The molecule has 0 radical (unpaired) electrons. The van der Waals surface area contributed by atoms with Crippen LogP contribution in [0.25, 0.3) is 27.7 Å². The summed E-state index contributed by atoms with van der Waals surface area (Å²) in [6.07, 6.45) is 0. The van der Waals surface area contributed by atoms with Crippen LogP contribution in [-0.2, 0) is 11.3 Å². The van der Waals surface area contributed by atoms with Crippen LogP contribution in [0.4, 0.5) is 0 Å². The Labute approximate surface area is 181 Å². The minimum Gasteiger partial charge on any atom is -0.451 e. The van der Waals surface area contributed by atoms with E-state index in [1.54, 1.807) is 22.1 Å². The van der Waals surface area contributed by atoms with Gasteiger partial charge in [0, 0.05) is 11.6 Å². The molecule has 3 aromatic heterocycles. The minimum atomic E-state index is -0.529. The largest absolute Gasteiger partial charge is 0.451 e. The lowest BCUT2D eigenvalue weighted by atomic mass is 10.2. The first-order valence-electron chi connectivity index (χ1n) is 9.52. The smallest absolute Gasteiger partial charge is 0.357 e. The van der Waals surface area contributed by atoms with Gasteiger partial charge in [-0.3, -0.25) is 0 Å². The molecule has 0 amide bonds. The summed E-state index contributed by atoms with van der Waals surface area (Å²) in [5.41, 5.74) is 2.59. The molecule has 152 valence electrons. The third kappa shape index (κ3) is 4.01. The molecule has 0 aliphatic heterocycles. The fraction of sp³-hybridized carbons (Fsp3) is 0.0435. The summed E-state index contributed by atoms with van der Waals surface area (Å²) >= 11 is 1.55. The molecule has 8 heteroatoms. The Morgan fingerprint density at radius 2 is 1.74 bits per heavy atom. The van der Waals surface area contributed by atoms with Crippen LogP contribution in [0.1, 0.15) is 16.4 Å². The second-order valence-electron chi connectivity index (χ2n) is 6.58. The summed E-state index contributed by atoms with van der Waals surface area (Å²) in [5.74, 6) is 0.0658. The van der Waals surface area contributed by atoms with E-state index in [1.807, 2.05) is 78.2 Å². The van der Waals surface area contributed by atoms with E-state index in [-0.39, 0.29) is 12.5 Å². The van der Waals surface area contributed by atoms with Gasteiger partial charge >= 0.3 is 5.97 Å². The monoisotopic (exact) mass is 428 g/mol. The highest BCUT2D eigenvalue weighted by molar-refractivity contribution is 7.13. The quantitative estimate of drug-likeness (QED) is 0.354. The molecule has 0 saturated heterocycles. The number of para-hydroxylation sites is 1. The molecule has 5 rings (SSSR count). The first-order chi connectivity index (χ1) is 15.3. The molecule has 0 saturated carbocycles. The maximum atomic E-state index is 12.9. The topological polar surface area (TPSA) is 83.0 Å². The van der Waals surface area contributed by atoms with E-state index < -0.39 is 5.97 Å². The van der Waals surface area contributed by atoms with Gasteiger partial charge in [-0.15, -0.1) is 21.5 Å². The van der Waals surface area contributed by atoms with Crippen molar-refractivity contribution >= 4 is 17.3 Å². The summed E-state index contributed by atoms with van der Waals surface area (Å²) in [7, 11) is 0. The number of hydrogen-bond donors (Lipinski definition) is 0. The Morgan fingerprint density at radius 1 is 0.968 bits per heavy atom. The molecular formula is C23H16N4O3S. The van der Waals surface area contributed by atoms with E-state index in [0.717, 1.165) is 16.1 Å². The number of carbonyl (C=O) groups excluding carboxylic acids is 1. The van der Waals surface area contributed by atoms with Gasteiger partial charge in [0.15, 0.2) is 12.3 Å². The van der Waals surface area contributed by atoms with Gasteiger partial charge < -0.3 is 9.15 Å². The molecule has 2 aromatic carbocycles. The van der Waals surface area contributed by atoms with Gasteiger partial charge in [0.1, 0.15) is 5.69 Å². The summed E-state index contributed by atoms with van der Waals surface area (Å²) < 4.78 is 12.7. The second kappa shape index (κ2) is 8.37. The standard InChI is InChI=1S/C23H16N4O3S/c28-23(29-15-21-24-25-22(30-21)16-8-3-1-4-9-16)19-14-18(20-12-7-13-31-20)26-27(19)17-10-5-2-6-11-17/h1-14H,15H2. The van der Waals surface area contributed by atoms with Crippen LogP contribution in [0.2, 0.25) is 0 Å². The highest BCUT2D eigenvalue weighted by atomic mass is 32.1. The lowest BCUT2D eigenvalue weighted by Crippen LogP contribution is -2.12. The molecule has 0 aliphatic carbocycles. The zero-order chi connectivity index (χ0) is 21.0. The van der Waals surface area contributed by atoms with Crippen LogP contribution in [0.3, 0.4) is 0 Å². The van der Waals surface area contributed by atoms with Crippen molar-refractivity contribution in [2.24, 2.45) is 0 Å². The molecule has 3 heterocycles. The zero-order valence-electron chi connectivity index (χ0n) is 16.2. The molecule has 0 unspecified atom stereocenters. The Bertz CT molecular complexity index is 1300. The van der Waals surface area contributed by atoms with Crippen molar-refractivity contribution < 1.29 is 13.9 Å². The van der Waals surface area contributed by atoms with Crippen LogP contribution in [0.15, 0.2) is 88.7 Å². The van der Waals surface area contributed by atoms with E-state index in [2.05, 4.69) is 15.3 Å². The lowest BCUT2D eigenvalue weighted by Gasteiger charge is -2.06. The molecule has 0 bridgehead atoms. The van der Waals surface area contributed by atoms with Crippen molar-refractivity contribution in [1.29, 1.82) is 0 Å². The fourth-order valence-electron chi connectivity index (χ4n) is 3.05. The highest BCUT2D eigenvalue weighted by Crippen LogP contribution is 2.26. The normalized spacial score (nSPS) is 10.8. The van der Waals surface area contributed by atoms with E-state index in [1.165, 1.54) is 0 Å². The number of nitrogens with zero attached hydrogens (tertiary/aromatic N) is 4. The van der Waals surface area contributed by atoms with Gasteiger partial charge in [0.2, 0.25) is 5.89 Å². The van der Waals surface area contributed by atoms with Gasteiger partial charge in [-0.1, -0.05) is 42.5 Å². The SMILES string of the molecule is O=C(OCc1nnc(-c2ccccc2)o1)c1cc(-c2cccs2)nn1-c1ccccc1. The van der Waals surface area contributed by atoms with Gasteiger partial charge in [-0.2, -0.15) is 5.10 Å². The Hall–Kier alpha value is -4.04. The number of rotatable bonds is 6. The lowest BCUT2D eigenvalue weighted by molar-refractivity contribution is 0.0428. The average Bonchev–Trinajstić information content (AvgIpc) is 3.59. The van der Waals surface area contributed by atoms with Crippen molar-refractivity contribution in [3.05, 3.63) is 95.8 Å². The Kier molecular flexibility index (Phi) is 5.12. The fourth-order valence-corrected chi connectivity index (χ4v) is 3.73. The van der Waals surface area contributed by atoms with Crippen LogP contribution in [-0.4, -0.2) is 25.9 Å². The molecule has 0 spiro atoms. The van der Waals surface area contributed by atoms with Crippen LogP contribution < -0.4 is 0 Å². The first-order valence-corrected chi connectivity index (χ1v) is 10.4. The molecule has 7 nitrogen and oxygen atoms in total. The molecule has 0 atom stereocenters. The number of esters is 1. The van der Waals surface area contributed by atoms with E-state index in [0.29, 0.717) is 17.3 Å². The maximum absolute atomic E-state index is 12.9. The third-order valence-corrected chi connectivity index (χ3v) is 5.40. The van der Waals surface area contributed by atoms with E-state index >= 15 is 0 Å². The summed E-state index contributed by atoms with van der Waals surface area (Å²) in [4.78, 5) is 13.9. The zero-order valence-corrected chi connectivity index (χ0v) is 17.0. The summed E-state index contributed by atoms with van der Waals surface area (Å²) in [5, 5.41) is 14.6. The molecule has 0 aliphatic rings. The molecule has 0 fully saturated rings. The third-order valence-electron chi connectivity index (χ3n) is 4.51. The van der Waals surface area contributed by atoms with Crippen LogP contribution in [0, 0.1) is 0 Å². The Balaban J connectivity index is 1.38. The van der Waals surface area contributed by atoms with E-state index in [9.17, 15) is 4.79 Å². The van der Waals surface area contributed by atoms with Crippen molar-refractivity contribution in [1.82, 2.24) is 20.0 Å². The maximum Gasteiger partial charge on any atom is 0.357 e. The Morgan fingerprint density at radius 3 is 2.48 bits per heavy atom. The van der Waals surface area contributed by atoms with Gasteiger partial charge in [-0.25, -0.2) is 9.48 Å². The molecular weight excluding hydrogens is 412 g/mol. The van der Waals surface area contributed by atoms with E-state index in [4.69, 9.17) is 9.15 Å². The van der Waals surface area contributed by atoms with Crippen molar-refractivity contribution in [2.75, 3.05) is 0 Å². The number of thiophene rings is 1. The minimum absolute atomic E-state index is 0.132. The number of ether oxygens (including phenoxy) is 1. The van der Waals surface area contributed by atoms with Gasteiger partial charge in [0.25, 0.3) is 5.89 Å². The highest BCUT2D eigenvalue weighted by Gasteiger charge is 2.20. The number of aromatic nitrogens is 4. The van der Waals surface area contributed by atoms with Crippen molar-refractivity contribution in [3.8, 4) is 27.7 Å². The second-order valence-corrected chi connectivity index (χ2v) is 7.53. The first kappa shape index (κ1) is 19.0. The van der Waals surface area contributed by atoms with Gasteiger partial charge in [0.05, 0.1) is 10.6 Å². The molecule has 31 heavy (non-hydrogen) atoms. The number of hydrogen-bond acceptors (Lipinski definition) is 7.